The quantitative estimate of drug-likeness (QED) is 0.449. The van der Waals surface area contributed by atoms with Crippen LogP contribution >= 0.6 is 0 Å². The molecule has 0 radical (unpaired) electrons. The van der Waals surface area contributed by atoms with Gasteiger partial charge in [-0.2, -0.15) is 0 Å². The maximum Gasteiger partial charge on any atom is 0.0203 e. The molecule has 0 bridgehead atoms. The predicted molar refractivity (Wildman–Crippen MR) is 44.6 cm³/mol. The Hall–Kier alpha value is -0.440. The van der Waals surface area contributed by atoms with E-state index in [1.165, 1.54) is 12.8 Å². The smallest absolute Gasteiger partial charge is 0.0203 e. The molecule has 1 fully saturated rings. The fraction of sp³-hybridized carbons (Fsp3) is 0.800. The Morgan fingerprint density at radius 1 is 1.30 bits per heavy atom. The standard InChI is InChI=1S/C10H16/c1-10(2,3)8-4-5-9-6-7-9/h9H,6-8H2,1-3H3. The first-order valence-corrected chi connectivity index (χ1v) is 4.06. The normalized spacial score (nSPS) is 17.9. The fourth-order valence-corrected chi connectivity index (χ4v) is 0.688. The Morgan fingerprint density at radius 3 is 2.30 bits per heavy atom. The zero-order valence-electron chi connectivity index (χ0n) is 7.20. The summed E-state index contributed by atoms with van der Waals surface area (Å²) in [7, 11) is 0. The summed E-state index contributed by atoms with van der Waals surface area (Å²) in [5.74, 6) is 7.27. The van der Waals surface area contributed by atoms with Gasteiger partial charge in [-0.15, -0.1) is 5.92 Å². The average Bonchev–Trinajstić information content (AvgIpc) is 2.45. The van der Waals surface area contributed by atoms with E-state index >= 15 is 0 Å². The van der Waals surface area contributed by atoms with E-state index in [0.717, 1.165) is 12.3 Å². The van der Waals surface area contributed by atoms with Crippen LogP contribution in [0, 0.1) is 23.2 Å². The van der Waals surface area contributed by atoms with Crippen molar-refractivity contribution in [1.82, 2.24) is 0 Å². The lowest BCUT2D eigenvalue weighted by atomic mass is 9.93. The Labute approximate surface area is 64.0 Å². The Kier molecular flexibility index (Phi) is 2.04. The Morgan fingerprint density at radius 2 is 1.90 bits per heavy atom. The zero-order chi connectivity index (χ0) is 7.61. The van der Waals surface area contributed by atoms with Gasteiger partial charge in [0.25, 0.3) is 0 Å². The predicted octanol–water partition coefficient (Wildman–Crippen LogP) is 2.84. The summed E-state index contributed by atoms with van der Waals surface area (Å²) in [6.45, 7) is 6.69. The van der Waals surface area contributed by atoms with E-state index in [2.05, 4.69) is 32.6 Å². The molecule has 0 aromatic carbocycles. The van der Waals surface area contributed by atoms with Crippen molar-refractivity contribution < 1.29 is 0 Å². The largest absolute Gasteiger partial charge is 0.102 e. The van der Waals surface area contributed by atoms with Gasteiger partial charge in [-0.1, -0.05) is 26.7 Å². The van der Waals surface area contributed by atoms with Gasteiger partial charge >= 0.3 is 0 Å². The van der Waals surface area contributed by atoms with E-state index in [-0.39, 0.29) is 0 Å². The highest BCUT2D eigenvalue weighted by atomic mass is 14.2. The second-order valence-electron chi connectivity index (χ2n) is 4.33. The molecular formula is C10H16. The van der Waals surface area contributed by atoms with Crippen LogP contribution in [0.3, 0.4) is 0 Å². The van der Waals surface area contributed by atoms with Crippen molar-refractivity contribution in [2.45, 2.75) is 40.0 Å². The molecule has 1 aliphatic rings. The summed E-state index contributed by atoms with van der Waals surface area (Å²) in [6, 6.07) is 0. The number of hydrogen-bond donors (Lipinski definition) is 0. The van der Waals surface area contributed by atoms with Crippen LogP contribution in [0.2, 0.25) is 0 Å². The van der Waals surface area contributed by atoms with Gasteiger partial charge in [-0.3, -0.25) is 0 Å². The topological polar surface area (TPSA) is 0 Å². The van der Waals surface area contributed by atoms with E-state index < -0.39 is 0 Å². The molecule has 0 unspecified atom stereocenters. The molecule has 0 aromatic rings. The Bertz CT molecular complexity index is 157. The molecular weight excluding hydrogens is 120 g/mol. The van der Waals surface area contributed by atoms with Gasteiger partial charge < -0.3 is 0 Å². The second-order valence-corrected chi connectivity index (χ2v) is 4.33. The minimum atomic E-state index is 0.391. The van der Waals surface area contributed by atoms with E-state index in [0.29, 0.717) is 5.41 Å². The summed E-state index contributed by atoms with van der Waals surface area (Å²) < 4.78 is 0. The molecule has 10 heavy (non-hydrogen) atoms. The van der Waals surface area contributed by atoms with Crippen LogP contribution in [0.15, 0.2) is 0 Å². The van der Waals surface area contributed by atoms with Crippen LogP contribution in [-0.4, -0.2) is 0 Å². The molecule has 0 atom stereocenters. The van der Waals surface area contributed by atoms with Gasteiger partial charge in [-0.05, 0) is 18.3 Å². The van der Waals surface area contributed by atoms with Crippen molar-refractivity contribution in [3.63, 3.8) is 0 Å². The van der Waals surface area contributed by atoms with Crippen LogP contribution < -0.4 is 0 Å². The molecule has 1 aliphatic carbocycles. The van der Waals surface area contributed by atoms with Gasteiger partial charge in [0, 0.05) is 12.3 Å². The van der Waals surface area contributed by atoms with Crippen LogP contribution in [-0.2, 0) is 0 Å². The van der Waals surface area contributed by atoms with Crippen LogP contribution in [0.1, 0.15) is 40.0 Å². The first-order valence-electron chi connectivity index (χ1n) is 4.06. The van der Waals surface area contributed by atoms with Gasteiger partial charge in [0.2, 0.25) is 0 Å². The second kappa shape index (κ2) is 2.66. The molecule has 1 rings (SSSR count). The highest BCUT2D eigenvalue weighted by Gasteiger charge is 2.17. The van der Waals surface area contributed by atoms with Crippen LogP contribution in [0.4, 0.5) is 0 Å². The summed E-state index contributed by atoms with van der Waals surface area (Å²) >= 11 is 0. The third kappa shape index (κ3) is 3.56. The van der Waals surface area contributed by atoms with E-state index in [1.54, 1.807) is 0 Å². The molecule has 0 amide bonds. The minimum Gasteiger partial charge on any atom is -0.102 e. The molecule has 0 spiro atoms. The average molecular weight is 136 g/mol. The van der Waals surface area contributed by atoms with E-state index in [4.69, 9.17) is 0 Å². The lowest BCUT2D eigenvalue weighted by Gasteiger charge is -2.12. The molecule has 0 N–H and O–H groups in total. The number of hydrogen-bond acceptors (Lipinski definition) is 0. The van der Waals surface area contributed by atoms with Crippen LogP contribution in [0.25, 0.3) is 0 Å². The van der Waals surface area contributed by atoms with Gasteiger partial charge in [0.05, 0.1) is 0 Å². The maximum atomic E-state index is 3.26. The SMILES string of the molecule is CC(C)(C)CC#CC1CC1. The molecule has 0 heteroatoms. The zero-order valence-corrected chi connectivity index (χ0v) is 7.20. The first kappa shape index (κ1) is 7.66. The molecule has 0 heterocycles. The molecule has 0 aromatic heterocycles. The van der Waals surface area contributed by atoms with E-state index in [9.17, 15) is 0 Å². The van der Waals surface area contributed by atoms with Gasteiger partial charge in [-0.25, -0.2) is 0 Å². The summed E-state index contributed by atoms with van der Waals surface area (Å²) in [4.78, 5) is 0. The van der Waals surface area contributed by atoms with E-state index in [1.807, 2.05) is 0 Å². The molecule has 0 nitrogen and oxygen atoms in total. The summed E-state index contributed by atoms with van der Waals surface area (Å²) in [5.41, 5.74) is 0.391. The fourth-order valence-electron chi connectivity index (χ4n) is 0.688. The summed E-state index contributed by atoms with van der Waals surface area (Å²) in [6.07, 6.45) is 3.73. The van der Waals surface area contributed by atoms with Crippen molar-refractivity contribution >= 4 is 0 Å². The summed E-state index contributed by atoms with van der Waals surface area (Å²) in [5, 5.41) is 0. The molecule has 0 saturated heterocycles. The molecule has 56 valence electrons. The monoisotopic (exact) mass is 136 g/mol. The first-order chi connectivity index (χ1) is 4.58. The van der Waals surface area contributed by atoms with Crippen LogP contribution in [0.5, 0.6) is 0 Å². The van der Waals surface area contributed by atoms with Gasteiger partial charge in [0.1, 0.15) is 0 Å². The number of rotatable bonds is 0. The van der Waals surface area contributed by atoms with Crippen molar-refractivity contribution in [2.24, 2.45) is 11.3 Å². The maximum absolute atomic E-state index is 3.26. The molecule has 0 aliphatic heterocycles. The third-order valence-corrected chi connectivity index (χ3v) is 1.50. The highest BCUT2D eigenvalue weighted by Crippen LogP contribution is 2.28. The Balaban J connectivity index is 2.21. The highest BCUT2D eigenvalue weighted by molar-refractivity contribution is 5.10. The minimum absolute atomic E-state index is 0.391. The van der Waals surface area contributed by atoms with Crippen molar-refractivity contribution in [3.05, 3.63) is 0 Å². The van der Waals surface area contributed by atoms with Crippen molar-refractivity contribution in [2.75, 3.05) is 0 Å². The molecule has 1 saturated carbocycles. The van der Waals surface area contributed by atoms with Gasteiger partial charge in [0.15, 0.2) is 0 Å². The lowest BCUT2D eigenvalue weighted by Crippen LogP contribution is -2.02. The van der Waals surface area contributed by atoms with Crippen molar-refractivity contribution in [3.8, 4) is 11.8 Å². The lowest BCUT2D eigenvalue weighted by molar-refractivity contribution is 0.427. The van der Waals surface area contributed by atoms with Crippen molar-refractivity contribution in [1.29, 1.82) is 0 Å². The third-order valence-electron chi connectivity index (χ3n) is 1.50.